The Kier molecular flexibility index (Phi) is 3.94. The van der Waals surface area contributed by atoms with E-state index in [1.165, 1.54) is 0 Å². The first-order valence-electron chi connectivity index (χ1n) is 9.55. The summed E-state index contributed by atoms with van der Waals surface area (Å²) in [5, 5.41) is 3.14. The Hall–Kier alpha value is -3.54. The average molecular weight is 388 g/mol. The lowest BCUT2D eigenvalue weighted by Crippen LogP contribution is -2.14. The molecule has 0 fully saturated rings. The molecule has 29 heavy (non-hydrogen) atoms. The molecule has 0 aliphatic carbocycles. The number of nitrogens with zero attached hydrogens (tertiary/aromatic N) is 2. The van der Waals surface area contributed by atoms with E-state index in [2.05, 4.69) is 11.9 Å². The van der Waals surface area contributed by atoms with Crippen LogP contribution < -0.4 is 19.8 Å². The van der Waals surface area contributed by atoms with E-state index < -0.39 is 0 Å². The number of ether oxygens (including phenoxy) is 3. The Morgan fingerprint density at radius 1 is 1.00 bits per heavy atom. The second-order valence-electron chi connectivity index (χ2n) is 6.95. The summed E-state index contributed by atoms with van der Waals surface area (Å²) in [6.45, 7) is 2.72. The van der Waals surface area contributed by atoms with Gasteiger partial charge in [0.15, 0.2) is 11.5 Å². The number of rotatable bonds is 5. The summed E-state index contributed by atoms with van der Waals surface area (Å²) in [6.07, 6.45) is 2.71. The first-order chi connectivity index (χ1) is 14.2. The molecule has 6 nitrogen and oxygen atoms in total. The van der Waals surface area contributed by atoms with Gasteiger partial charge >= 0.3 is 0 Å². The quantitative estimate of drug-likeness (QED) is 0.418. The van der Waals surface area contributed by atoms with Gasteiger partial charge in [-0.15, -0.1) is 0 Å². The van der Waals surface area contributed by atoms with Gasteiger partial charge in [-0.3, -0.25) is 14.2 Å². The summed E-state index contributed by atoms with van der Waals surface area (Å²) < 4.78 is 18.5. The van der Waals surface area contributed by atoms with Crippen LogP contribution in [0.25, 0.3) is 38.1 Å². The Balaban J connectivity index is 2.00. The molecule has 0 bridgehead atoms. The molecule has 0 amide bonds. The number of benzene rings is 2. The topological polar surface area (TPSA) is 62.1 Å². The van der Waals surface area contributed by atoms with Crippen molar-refractivity contribution in [3.05, 3.63) is 52.9 Å². The highest BCUT2D eigenvalue weighted by atomic mass is 16.5. The summed E-state index contributed by atoms with van der Waals surface area (Å²) in [7, 11) is 3.10. The third-order valence-corrected chi connectivity index (χ3v) is 5.34. The van der Waals surface area contributed by atoms with Crippen molar-refractivity contribution < 1.29 is 14.2 Å². The van der Waals surface area contributed by atoms with Crippen molar-refractivity contribution in [2.24, 2.45) is 0 Å². The molecule has 3 heterocycles. The van der Waals surface area contributed by atoms with Crippen LogP contribution in [0.5, 0.6) is 17.2 Å². The van der Waals surface area contributed by atoms with Gasteiger partial charge in [-0.25, -0.2) is 0 Å². The standard InChI is InChI=1S/C23H20N2O4/c1-4-11-29-13-5-7-17-16(12-13)14-9-10-24-20-15-6-8-18(27-2)22(28-3)19(15)23(26)25(17)21(14)20/h5-10,12H,4,11H2,1-3H3. The fraction of sp³-hybridized carbons (Fsp3) is 0.217. The molecule has 2 aromatic carbocycles. The van der Waals surface area contributed by atoms with Crippen LogP contribution in [0.1, 0.15) is 13.3 Å². The molecule has 0 atom stereocenters. The van der Waals surface area contributed by atoms with Gasteiger partial charge in [0.2, 0.25) is 0 Å². The van der Waals surface area contributed by atoms with Gasteiger partial charge in [0, 0.05) is 22.4 Å². The van der Waals surface area contributed by atoms with Crippen LogP contribution in [-0.2, 0) is 0 Å². The van der Waals surface area contributed by atoms with E-state index in [-0.39, 0.29) is 5.56 Å². The van der Waals surface area contributed by atoms with E-state index in [0.29, 0.717) is 23.5 Å². The first kappa shape index (κ1) is 17.6. The van der Waals surface area contributed by atoms with Crippen molar-refractivity contribution in [2.75, 3.05) is 20.8 Å². The van der Waals surface area contributed by atoms with Gasteiger partial charge in [-0.1, -0.05) is 6.92 Å². The number of hydrogen-bond donors (Lipinski definition) is 0. The van der Waals surface area contributed by atoms with Crippen molar-refractivity contribution in [1.29, 1.82) is 0 Å². The Morgan fingerprint density at radius 3 is 2.62 bits per heavy atom. The predicted molar refractivity (Wildman–Crippen MR) is 114 cm³/mol. The van der Waals surface area contributed by atoms with Crippen LogP contribution in [0.4, 0.5) is 0 Å². The van der Waals surface area contributed by atoms with E-state index in [9.17, 15) is 4.79 Å². The van der Waals surface area contributed by atoms with Crippen LogP contribution in [-0.4, -0.2) is 30.2 Å². The summed E-state index contributed by atoms with van der Waals surface area (Å²) in [6, 6.07) is 11.4. The summed E-state index contributed by atoms with van der Waals surface area (Å²) >= 11 is 0. The minimum Gasteiger partial charge on any atom is -0.494 e. The zero-order valence-electron chi connectivity index (χ0n) is 16.5. The van der Waals surface area contributed by atoms with Crippen molar-refractivity contribution in [1.82, 2.24) is 9.38 Å². The number of pyridine rings is 2. The third kappa shape index (κ3) is 2.35. The molecule has 0 saturated carbocycles. The predicted octanol–water partition coefficient (Wildman–Crippen LogP) is 4.40. The van der Waals surface area contributed by atoms with Crippen molar-refractivity contribution in [3.8, 4) is 17.2 Å². The molecule has 6 heteroatoms. The van der Waals surface area contributed by atoms with Gasteiger partial charge in [-0.05, 0) is 42.8 Å². The minimum absolute atomic E-state index is 0.154. The number of hydrogen-bond acceptors (Lipinski definition) is 5. The van der Waals surface area contributed by atoms with Crippen molar-refractivity contribution in [3.63, 3.8) is 0 Å². The van der Waals surface area contributed by atoms with E-state index in [0.717, 1.165) is 44.9 Å². The molecular weight excluding hydrogens is 368 g/mol. The monoisotopic (exact) mass is 388 g/mol. The molecule has 0 aliphatic rings. The van der Waals surface area contributed by atoms with Crippen LogP contribution >= 0.6 is 0 Å². The Morgan fingerprint density at radius 2 is 1.86 bits per heavy atom. The maximum atomic E-state index is 13.6. The lowest BCUT2D eigenvalue weighted by molar-refractivity contribution is 0.318. The largest absolute Gasteiger partial charge is 0.494 e. The zero-order chi connectivity index (χ0) is 20.1. The Bertz CT molecular complexity index is 1440. The maximum Gasteiger partial charge on any atom is 0.267 e. The van der Waals surface area contributed by atoms with Gasteiger partial charge in [-0.2, -0.15) is 0 Å². The lowest BCUT2D eigenvalue weighted by atomic mass is 10.1. The molecule has 0 spiro atoms. The van der Waals surface area contributed by atoms with Crippen LogP contribution in [0.3, 0.4) is 0 Å². The highest BCUT2D eigenvalue weighted by Crippen LogP contribution is 2.39. The Labute approximate surface area is 166 Å². The molecule has 0 saturated heterocycles. The van der Waals surface area contributed by atoms with Gasteiger partial charge in [0.05, 0.1) is 42.8 Å². The smallest absolute Gasteiger partial charge is 0.267 e. The molecule has 5 aromatic rings. The second kappa shape index (κ2) is 6.51. The highest BCUT2D eigenvalue weighted by molar-refractivity contribution is 6.19. The van der Waals surface area contributed by atoms with E-state index in [4.69, 9.17) is 14.2 Å². The minimum atomic E-state index is -0.154. The average Bonchev–Trinajstić information content (AvgIpc) is 3.09. The summed E-state index contributed by atoms with van der Waals surface area (Å²) in [5.41, 5.74) is 2.22. The van der Waals surface area contributed by atoms with Crippen molar-refractivity contribution >= 4 is 38.1 Å². The highest BCUT2D eigenvalue weighted by Gasteiger charge is 2.22. The first-order valence-corrected chi connectivity index (χ1v) is 9.55. The van der Waals surface area contributed by atoms with E-state index in [1.54, 1.807) is 30.9 Å². The molecule has 0 aliphatic heterocycles. The van der Waals surface area contributed by atoms with E-state index >= 15 is 0 Å². The molecule has 146 valence electrons. The molecule has 0 unspecified atom stereocenters. The summed E-state index contributed by atoms with van der Waals surface area (Å²) in [5.74, 6) is 1.73. The fourth-order valence-corrected chi connectivity index (χ4v) is 4.11. The lowest BCUT2D eigenvalue weighted by Gasteiger charge is -2.12. The van der Waals surface area contributed by atoms with Crippen LogP contribution in [0, 0.1) is 0 Å². The van der Waals surface area contributed by atoms with Gasteiger partial charge < -0.3 is 14.2 Å². The molecular formula is C23H20N2O4. The second-order valence-corrected chi connectivity index (χ2v) is 6.95. The normalized spacial score (nSPS) is 11.7. The molecule has 3 aromatic heterocycles. The van der Waals surface area contributed by atoms with E-state index in [1.807, 2.05) is 30.3 Å². The third-order valence-electron chi connectivity index (χ3n) is 5.34. The SMILES string of the molecule is CCCOc1ccc2c(c1)c1ccnc3c4ccc(OC)c(OC)c4c(=O)n2c13. The fourth-order valence-electron chi connectivity index (χ4n) is 4.11. The van der Waals surface area contributed by atoms with Crippen LogP contribution in [0.2, 0.25) is 0 Å². The van der Waals surface area contributed by atoms with Gasteiger partial charge in [0.1, 0.15) is 5.75 Å². The summed E-state index contributed by atoms with van der Waals surface area (Å²) in [4.78, 5) is 18.3. The van der Waals surface area contributed by atoms with Crippen molar-refractivity contribution in [2.45, 2.75) is 13.3 Å². The van der Waals surface area contributed by atoms with Gasteiger partial charge in [0.25, 0.3) is 5.56 Å². The number of methoxy groups -OCH3 is 2. The zero-order valence-corrected chi connectivity index (χ0v) is 16.5. The maximum absolute atomic E-state index is 13.6. The number of fused-ring (bicyclic) bond motifs is 5. The van der Waals surface area contributed by atoms with Crippen LogP contribution in [0.15, 0.2) is 47.4 Å². The number of aromatic nitrogens is 2. The molecule has 5 rings (SSSR count). The molecule has 0 radical (unpaired) electrons. The molecule has 0 N–H and O–H groups in total.